The van der Waals surface area contributed by atoms with Gasteiger partial charge in [-0.1, -0.05) is 24.3 Å². The number of carbonyl (C=O) groups is 2. The fourth-order valence-corrected chi connectivity index (χ4v) is 2.48. The number of carbonyl (C=O) groups excluding carboxylic acids is 1. The average molecular weight is 327 g/mol. The van der Waals surface area contributed by atoms with E-state index in [0.717, 1.165) is 5.56 Å². The lowest BCUT2D eigenvalue weighted by Crippen LogP contribution is -2.42. The summed E-state index contributed by atoms with van der Waals surface area (Å²) in [4.78, 5) is 23.7. The molecule has 2 N–H and O–H groups in total. The van der Waals surface area contributed by atoms with Gasteiger partial charge in [0.15, 0.2) is 11.5 Å². The third-order valence-corrected chi connectivity index (χ3v) is 3.69. The zero-order valence-corrected chi connectivity index (χ0v) is 12.9. The van der Waals surface area contributed by atoms with Gasteiger partial charge in [0.2, 0.25) is 0 Å². The van der Waals surface area contributed by atoms with Gasteiger partial charge in [-0.2, -0.15) is 0 Å². The molecule has 1 heterocycles. The van der Waals surface area contributed by atoms with Crippen molar-refractivity contribution < 1.29 is 24.2 Å². The number of carboxylic acids is 1. The first kappa shape index (κ1) is 15.9. The molecule has 0 radical (unpaired) electrons. The summed E-state index contributed by atoms with van der Waals surface area (Å²) in [6, 6.07) is 12.8. The predicted octanol–water partition coefficient (Wildman–Crippen LogP) is 1.88. The topological polar surface area (TPSA) is 84.9 Å². The standard InChI is InChI=1S/C18H17NO5/c20-17(13-4-2-1-3-5-13)19-14(18(21)22)10-12-6-7-15-16(11-12)24-9-8-23-15/h1-7,11,14H,8-10H2,(H,19,20)(H,21,22)/t14-/m0/s1. The smallest absolute Gasteiger partial charge is 0.326 e. The molecule has 1 amide bonds. The Bertz CT molecular complexity index is 744. The van der Waals surface area contributed by atoms with Crippen LogP contribution < -0.4 is 14.8 Å². The molecule has 2 aromatic carbocycles. The Labute approximate surface area is 139 Å². The lowest BCUT2D eigenvalue weighted by molar-refractivity contribution is -0.139. The molecule has 6 nitrogen and oxygen atoms in total. The molecule has 0 fully saturated rings. The third kappa shape index (κ3) is 3.65. The average Bonchev–Trinajstić information content (AvgIpc) is 2.61. The Morgan fingerprint density at radius 3 is 2.46 bits per heavy atom. The van der Waals surface area contributed by atoms with Gasteiger partial charge < -0.3 is 19.9 Å². The van der Waals surface area contributed by atoms with Gasteiger partial charge in [0.1, 0.15) is 19.3 Å². The molecular formula is C18H17NO5. The van der Waals surface area contributed by atoms with Crippen LogP contribution >= 0.6 is 0 Å². The first-order chi connectivity index (χ1) is 11.6. The van der Waals surface area contributed by atoms with Crippen molar-refractivity contribution in [3.63, 3.8) is 0 Å². The molecule has 1 aliphatic heterocycles. The molecule has 0 saturated heterocycles. The normalized spacial score (nSPS) is 13.8. The second-order valence-electron chi connectivity index (χ2n) is 5.41. The summed E-state index contributed by atoms with van der Waals surface area (Å²) in [5.41, 5.74) is 1.17. The molecule has 1 aliphatic rings. The Morgan fingerprint density at radius 1 is 1.04 bits per heavy atom. The molecule has 0 unspecified atom stereocenters. The summed E-state index contributed by atoms with van der Waals surface area (Å²) in [7, 11) is 0. The quantitative estimate of drug-likeness (QED) is 0.876. The predicted molar refractivity (Wildman–Crippen MR) is 86.5 cm³/mol. The SMILES string of the molecule is O=C(N[C@@H](Cc1ccc2c(c1)OCCO2)C(=O)O)c1ccccc1. The number of hydrogen-bond acceptors (Lipinski definition) is 4. The molecule has 3 rings (SSSR count). The van der Waals surface area contributed by atoms with Crippen molar-refractivity contribution in [2.24, 2.45) is 0 Å². The van der Waals surface area contributed by atoms with Gasteiger partial charge in [-0.15, -0.1) is 0 Å². The number of amides is 1. The Morgan fingerprint density at radius 2 is 1.75 bits per heavy atom. The van der Waals surface area contributed by atoms with Crippen molar-refractivity contribution in [3.8, 4) is 11.5 Å². The van der Waals surface area contributed by atoms with Crippen LogP contribution in [0, 0.1) is 0 Å². The van der Waals surface area contributed by atoms with Crippen molar-refractivity contribution in [1.29, 1.82) is 0 Å². The van der Waals surface area contributed by atoms with Crippen LogP contribution in [-0.2, 0) is 11.2 Å². The Balaban J connectivity index is 1.72. The van der Waals surface area contributed by atoms with Crippen LogP contribution in [-0.4, -0.2) is 36.2 Å². The van der Waals surface area contributed by atoms with Gasteiger partial charge in [-0.3, -0.25) is 4.79 Å². The minimum atomic E-state index is -1.09. The van der Waals surface area contributed by atoms with E-state index in [2.05, 4.69) is 5.32 Å². The van der Waals surface area contributed by atoms with Crippen LogP contribution in [0.5, 0.6) is 11.5 Å². The molecule has 6 heteroatoms. The first-order valence-corrected chi connectivity index (χ1v) is 7.61. The number of benzene rings is 2. The molecule has 2 aromatic rings. The highest BCUT2D eigenvalue weighted by molar-refractivity contribution is 5.96. The van der Waals surface area contributed by atoms with Crippen LogP contribution in [0.2, 0.25) is 0 Å². The molecule has 0 aromatic heterocycles. The van der Waals surface area contributed by atoms with E-state index in [1.165, 1.54) is 0 Å². The van der Waals surface area contributed by atoms with E-state index in [0.29, 0.717) is 30.3 Å². The van der Waals surface area contributed by atoms with Gasteiger partial charge in [-0.25, -0.2) is 4.79 Å². The van der Waals surface area contributed by atoms with Crippen molar-refractivity contribution in [1.82, 2.24) is 5.32 Å². The highest BCUT2D eigenvalue weighted by atomic mass is 16.6. The van der Waals surface area contributed by atoms with E-state index >= 15 is 0 Å². The fourth-order valence-electron chi connectivity index (χ4n) is 2.48. The largest absolute Gasteiger partial charge is 0.486 e. The molecule has 0 saturated carbocycles. The minimum absolute atomic E-state index is 0.157. The van der Waals surface area contributed by atoms with Crippen molar-refractivity contribution in [3.05, 3.63) is 59.7 Å². The van der Waals surface area contributed by atoms with Crippen LogP contribution in [0.3, 0.4) is 0 Å². The second-order valence-corrected chi connectivity index (χ2v) is 5.41. The lowest BCUT2D eigenvalue weighted by atomic mass is 10.0. The molecule has 24 heavy (non-hydrogen) atoms. The van der Waals surface area contributed by atoms with Crippen LogP contribution in [0.25, 0.3) is 0 Å². The van der Waals surface area contributed by atoms with Gasteiger partial charge in [0.05, 0.1) is 0 Å². The van der Waals surface area contributed by atoms with E-state index < -0.39 is 17.9 Å². The van der Waals surface area contributed by atoms with Crippen molar-refractivity contribution >= 4 is 11.9 Å². The van der Waals surface area contributed by atoms with Crippen LogP contribution in [0.1, 0.15) is 15.9 Å². The number of aliphatic carboxylic acids is 1. The number of hydrogen-bond donors (Lipinski definition) is 2. The minimum Gasteiger partial charge on any atom is -0.486 e. The van der Waals surface area contributed by atoms with Gasteiger partial charge in [0, 0.05) is 12.0 Å². The van der Waals surface area contributed by atoms with E-state index in [9.17, 15) is 14.7 Å². The van der Waals surface area contributed by atoms with Crippen molar-refractivity contribution in [2.75, 3.05) is 13.2 Å². The maximum Gasteiger partial charge on any atom is 0.326 e. The van der Waals surface area contributed by atoms with Crippen LogP contribution in [0.15, 0.2) is 48.5 Å². The zero-order chi connectivity index (χ0) is 16.9. The molecule has 0 aliphatic carbocycles. The van der Waals surface area contributed by atoms with Crippen LogP contribution in [0.4, 0.5) is 0 Å². The zero-order valence-electron chi connectivity index (χ0n) is 12.9. The number of carboxylic acid groups (broad SMARTS) is 1. The molecular weight excluding hydrogens is 310 g/mol. The molecule has 0 bridgehead atoms. The second kappa shape index (κ2) is 7.04. The maximum absolute atomic E-state index is 12.2. The first-order valence-electron chi connectivity index (χ1n) is 7.61. The van der Waals surface area contributed by atoms with Gasteiger partial charge in [-0.05, 0) is 29.8 Å². The highest BCUT2D eigenvalue weighted by Crippen LogP contribution is 2.31. The molecule has 0 spiro atoms. The highest BCUT2D eigenvalue weighted by Gasteiger charge is 2.22. The monoisotopic (exact) mass is 327 g/mol. The molecule has 124 valence electrons. The third-order valence-electron chi connectivity index (χ3n) is 3.69. The summed E-state index contributed by atoms with van der Waals surface area (Å²) in [6.45, 7) is 0.959. The summed E-state index contributed by atoms with van der Waals surface area (Å²) in [6.07, 6.45) is 0.157. The maximum atomic E-state index is 12.2. The summed E-state index contributed by atoms with van der Waals surface area (Å²) in [5, 5.41) is 11.9. The Kier molecular flexibility index (Phi) is 4.65. The van der Waals surface area contributed by atoms with Gasteiger partial charge >= 0.3 is 5.97 Å². The van der Waals surface area contributed by atoms with E-state index in [1.807, 2.05) is 0 Å². The number of nitrogens with one attached hydrogen (secondary N) is 1. The fraction of sp³-hybridized carbons (Fsp3) is 0.222. The Hall–Kier alpha value is -3.02. The molecule has 1 atom stereocenters. The number of rotatable bonds is 5. The summed E-state index contributed by atoms with van der Waals surface area (Å²) in [5.74, 6) is -0.266. The van der Waals surface area contributed by atoms with E-state index in [4.69, 9.17) is 9.47 Å². The van der Waals surface area contributed by atoms with Gasteiger partial charge in [0.25, 0.3) is 5.91 Å². The summed E-state index contributed by atoms with van der Waals surface area (Å²) < 4.78 is 10.9. The van der Waals surface area contributed by atoms with Crippen molar-refractivity contribution in [2.45, 2.75) is 12.5 Å². The number of ether oxygens (including phenoxy) is 2. The van der Waals surface area contributed by atoms with E-state index in [-0.39, 0.29) is 6.42 Å². The summed E-state index contributed by atoms with van der Waals surface area (Å²) >= 11 is 0. The van der Waals surface area contributed by atoms with E-state index in [1.54, 1.807) is 48.5 Å². The lowest BCUT2D eigenvalue weighted by Gasteiger charge is -2.20. The number of fused-ring (bicyclic) bond motifs is 1.